The van der Waals surface area contributed by atoms with Crippen molar-refractivity contribution in [2.75, 3.05) is 13.1 Å². The van der Waals surface area contributed by atoms with Crippen LogP contribution in [0.5, 0.6) is 0 Å². The van der Waals surface area contributed by atoms with E-state index in [1.807, 2.05) is 49.1 Å². The van der Waals surface area contributed by atoms with Crippen LogP contribution in [0.3, 0.4) is 0 Å². The van der Waals surface area contributed by atoms with Crippen LogP contribution in [0.1, 0.15) is 42.9 Å². The van der Waals surface area contributed by atoms with Gasteiger partial charge in [0.15, 0.2) is 0 Å². The van der Waals surface area contributed by atoms with Crippen LogP contribution in [0.15, 0.2) is 85.1 Å². The maximum Gasteiger partial charge on any atom is 0.223 e. The van der Waals surface area contributed by atoms with Crippen molar-refractivity contribution in [1.29, 1.82) is 0 Å². The molecule has 1 atom stereocenters. The van der Waals surface area contributed by atoms with Crippen molar-refractivity contribution >= 4 is 16.8 Å². The van der Waals surface area contributed by atoms with E-state index >= 15 is 0 Å². The lowest BCUT2D eigenvalue weighted by Crippen LogP contribution is -2.31. The van der Waals surface area contributed by atoms with Crippen molar-refractivity contribution in [2.45, 2.75) is 32.7 Å². The van der Waals surface area contributed by atoms with Crippen molar-refractivity contribution in [3.05, 3.63) is 108 Å². The van der Waals surface area contributed by atoms with Crippen molar-refractivity contribution in [3.8, 4) is 0 Å². The maximum atomic E-state index is 13.7. The van der Waals surface area contributed by atoms with Gasteiger partial charge in [0.1, 0.15) is 5.82 Å². The average molecular weight is 429 g/mol. The van der Waals surface area contributed by atoms with E-state index in [1.165, 1.54) is 17.7 Å². The summed E-state index contributed by atoms with van der Waals surface area (Å²) in [5.74, 6) is -0.302. The number of fused-ring (bicyclic) bond motifs is 1. The van der Waals surface area contributed by atoms with Gasteiger partial charge in [0, 0.05) is 49.1 Å². The molecule has 0 aliphatic rings. The highest BCUT2D eigenvalue weighted by Crippen LogP contribution is 2.35. The van der Waals surface area contributed by atoms with Gasteiger partial charge in [-0.05, 0) is 48.7 Å². The lowest BCUT2D eigenvalue weighted by molar-refractivity contribution is -0.131. The molecule has 0 spiro atoms. The second kappa shape index (κ2) is 9.82. The number of amides is 1. The highest BCUT2D eigenvalue weighted by Gasteiger charge is 2.24. The molecule has 0 unspecified atom stereocenters. The number of carbonyl (C=O) groups is 1. The van der Waals surface area contributed by atoms with Crippen LogP contribution in [0.25, 0.3) is 10.9 Å². The fourth-order valence-corrected chi connectivity index (χ4v) is 4.45. The first kappa shape index (κ1) is 21.8. The molecule has 0 fully saturated rings. The summed E-state index contributed by atoms with van der Waals surface area (Å²) in [6.07, 6.45) is 2.52. The quantitative estimate of drug-likeness (QED) is 0.327. The van der Waals surface area contributed by atoms with Crippen molar-refractivity contribution in [3.63, 3.8) is 0 Å². The molecule has 3 nitrogen and oxygen atoms in total. The average Bonchev–Trinajstić information content (AvgIpc) is 3.18. The third-order valence-electron chi connectivity index (χ3n) is 6.16. The Morgan fingerprint density at radius 2 is 1.56 bits per heavy atom. The number of benzene rings is 3. The Balaban J connectivity index is 1.80. The second-order valence-corrected chi connectivity index (χ2v) is 8.09. The number of rotatable bonds is 8. The lowest BCUT2D eigenvalue weighted by atomic mass is 9.87. The molecular weight excluding hydrogens is 399 g/mol. The zero-order valence-corrected chi connectivity index (χ0v) is 18.7. The largest absolute Gasteiger partial charge is 0.343 e. The Bertz CT molecular complexity index is 1180. The minimum atomic E-state index is -0.269. The normalized spacial score (nSPS) is 12.1. The number of hydrogen-bond acceptors (Lipinski definition) is 1. The molecule has 0 saturated heterocycles. The fraction of sp³-hybridized carbons (Fsp3) is 0.250. The first-order valence-corrected chi connectivity index (χ1v) is 11.3. The van der Waals surface area contributed by atoms with Gasteiger partial charge in [-0.3, -0.25) is 4.79 Å². The molecule has 32 heavy (non-hydrogen) atoms. The van der Waals surface area contributed by atoms with E-state index in [0.717, 1.165) is 28.6 Å². The first-order chi connectivity index (χ1) is 15.6. The van der Waals surface area contributed by atoms with Crippen LogP contribution in [-0.4, -0.2) is 28.5 Å². The van der Waals surface area contributed by atoms with Gasteiger partial charge in [-0.25, -0.2) is 4.39 Å². The summed E-state index contributed by atoms with van der Waals surface area (Å²) in [6.45, 7) is 6.12. The van der Waals surface area contributed by atoms with Gasteiger partial charge in [-0.1, -0.05) is 60.7 Å². The van der Waals surface area contributed by atoms with Gasteiger partial charge >= 0.3 is 0 Å². The monoisotopic (exact) mass is 428 g/mol. The second-order valence-electron chi connectivity index (χ2n) is 8.09. The molecule has 1 amide bonds. The van der Waals surface area contributed by atoms with Crippen molar-refractivity contribution in [2.24, 2.45) is 0 Å². The summed E-state index contributed by atoms with van der Waals surface area (Å²) in [7, 11) is 0. The van der Waals surface area contributed by atoms with E-state index < -0.39 is 0 Å². The number of hydrogen-bond donors (Lipinski definition) is 0. The molecule has 0 bridgehead atoms. The van der Waals surface area contributed by atoms with E-state index in [9.17, 15) is 9.18 Å². The summed E-state index contributed by atoms with van der Waals surface area (Å²) in [4.78, 5) is 15.0. The van der Waals surface area contributed by atoms with Gasteiger partial charge in [-0.15, -0.1) is 0 Å². The predicted octanol–water partition coefficient (Wildman–Crippen LogP) is 6.22. The Kier molecular flexibility index (Phi) is 6.69. The minimum Gasteiger partial charge on any atom is -0.343 e. The molecule has 0 saturated carbocycles. The molecule has 0 aliphatic heterocycles. The standard InChI is InChI=1S/C28H29FN2O/c1-3-30(4-2)28(32)18-25(22-14-16-23(29)17-15-22)26-20-31(19-21-10-6-5-7-11-21)27-13-9-8-12-24(26)27/h5-17,20,25H,3-4,18-19H2,1-2H3/t25-/m1/s1. The molecule has 0 aliphatic carbocycles. The zero-order valence-electron chi connectivity index (χ0n) is 18.7. The SMILES string of the molecule is CCN(CC)C(=O)C[C@H](c1ccc(F)cc1)c1cn(Cc2ccccc2)c2ccccc12. The molecule has 0 N–H and O–H groups in total. The van der Waals surface area contributed by atoms with Gasteiger partial charge in [-0.2, -0.15) is 0 Å². The number of aromatic nitrogens is 1. The maximum absolute atomic E-state index is 13.7. The number of carbonyl (C=O) groups excluding carboxylic acids is 1. The highest BCUT2D eigenvalue weighted by molar-refractivity contribution is 5.86. The summed E-state index contributed by atoms with van der Waals surface area (Å²) in [5, 5.41) is 1.13. The summed E-state index contributed by atoms with van der Waals surface area (Å²) in [6, 6.07) is 25.2. The van der Waals surface area contributed by atoms with Gasteiger partial charge in [0.2, 0.25) is 5.91 Å². The van der Waals surface area contributed by atoms with Crippen LogP contribution in [0, 0.1) is 5.82 Å². The first-order valence-electron chi connectivity index (χ1n) is 11.3. The number of para-hydroxylation sites is 1. The van der Waals surface area contributed by atoms with Crippen LogP contribution < -0.4 is 0 Å². The summed E-state index contributed by atoms with van der Waals surface area (Å²) in [5.41, 5.74) is 4.41. The fourth-order valence-electron chi connectivity index (χ4n) is 4.45. The molecule has 1 heterocycles. The molecule has 3 aromatic carbocycles. The van der Waals surface area contributed by atoms with Crippen LogP contribution >= 0.6 is 0 Å². The number of halogens is 1. The van der Waals surface area contributed by atoms with Crippen LogP contribution in [-0.2, 0) is 11.3 Å². The molecule has 4 rings (SSSR count). The smallest absolute Gasteiger partial charge is 0.223 e. The van der Waals surface area contributed by atoms with Crippen LogP contribution in [0.2, 0.25) is 0 Å². The Morgan fingerprint density at radius 1 is 0.906 bits per heavy atom. The van der Waals surface area contributed by atoms with E-state index in [4.69, 9.17) is 0 Å². The predicted molar refractivity (Wildman–Crippen MR) is 128 cm³/mol. The Labute approximate surface area is 189 Å². The Morgan fingerprint density at radius 3 is 2.25 bits per heavy atom. The minimum absolute atomic E-state index is 0.115. The third-order valence-corrected chi connectivity index (χ3v) is 6.16. The Hall–Kier alpha value is -3.40. The zero-order chi connectivity index (χ0) is 22.5. The van der Waals surface area contributed by atoms with Gasteiger partial charge in [0.05, 0.1) is 0 Å². The molecule has 4 heteroatoms. The van der Waals surface area contributed by atoms with E-state index in [2.05, 4.69) is 35.0 Å². The molecule has 164 valence electrons. The van der Waals surface area contributed by atoms with E-state index in [1.54, 1.807) is 12.1 Å². The summed E-state index contributed by atoms with van der Waals surface area (Å²) >= 11 is 0. The molecule has 1 aromatic heterocycles. The summed E-state index contributed by atoms with van der Waals surface area (Å²) < 4.78 is 15.9. The molecule has 4 aromatic rings. The van der Waals surface area contributed by atoms with Crippen LogP contribution in [0.4, 0.5) is 4.39 Å². The topological polar surface area (TPSA) is 25.2 Å². The highest BCUT2D eigenvalue weighted by atomic mass is 19.1. The van der Waals surface area contributed by atoms with E-state index in [-0.39, 0.29) is 17.6 Å². The number of nitrogens with zero attached hydrogens (tertiary/aromatic N) is 2. The molecular formula is C28H29FN2O. The van der Waals surface area contributed by atoms with E-state index in [0.29, 0.717) is 19.5 Å². The van der Waals surface area contributed by atoms with Gasteiger partial charge in [0.25, 0.3) is 0 Å². The van der Waals surface area contributed by atoms with Crippen molar-refractivity contribution < 1.29 is 9.18 Å². The van der Waals surface area contributed by atoms with Gasteiger partial charge < -0.3 is 9.47 Å². The molecule has 0 radical (unpaired) electrons. The lowest BCUT2D eigenvalue weighted by Gasteiger charge is -2.23. The van der Waals surface area contributed by atoms with Crippen molar-refractivity contribution in [1.82, 2.24) is 9.47 Å². The third kappa shape index (κ3) is 4.59.